The molecule has 0 atom stereocenters. The summed E-state index contributed by atoms with van der Waals surface area (Å²) in [6, 6.07) is 1.97. The van der Waals surface area contributed by atoms with E-state index < -0.39 is 0 Å². The highest BCUT2D eigenvalue weighted by atomic mass is 15.1. The molecule has 0 unspecified atom stereocenters. The van der Waals surface area contributed by atoms with Crippen LogP contribution in [0.3, 0.4) is 0 Å². The van der Waals surface area contributed by atoms with Crippen LogP contribution in [0, 0.1) is 5.92 Å². The molecule has 4 nitrogen and oxygen atoms in total. The van der Waals surface area contributed by atoms with Crippen LogP contribution < -0.4 is 10.6 Å². The van der Waals surface area contributed by atoms with Crippen molar-refractivity contribution >= 4 is 11.6 Å². The molecule has 0 amide bonds. The van der Waals surface area contributed by atoms with Crippen molar-refractivity contribution in [3.05, 3.63) is 11.9 Å². The fraction of sp³-hybridized carbons (Fsp3) is 0.733. The SMILES string of the molecule is CCC(CC)CNc1cc(NC)nc(C(C)(C)C)n1. The first-order valence-corrected chi connectivity index (χ1v) is 7.21. The van der Waals surface area contributed by atoms with Gasteiger partial charge in [0, 0.05) is 25.1 Å². The molecule has 2 N–H and O–H groups in total. The number of hydrogen-bond donors (Lipinski definition) is 2. The third kappa shape index (κ3) is 4.69. The summed E-state index contributed by atoms with van der Waals surface area (Å²) in [5, 5.41) is 6.55. The quantitative estimate of drug-likeness (QED) is 0.823. The Kier molecular flexibility index (Phi) is 5.58. The maximum absolute atomic E-state index is 4.63. The lowest BCUT2D eigenvalue weighted by molar-refractivity contribution is 0.516. The Bertz CT molecular complexity index is 392. The van der Waals surface area contributed by atoms with E-state index in [9.17, 15) is 0 Å². The maximum atomic E-state index is 4.63. The molecule has 19 heavy (non-hydrogen) atoms. The van der Waals surface area contributed by atoms with Crippen LogP contribution in [0.25, 0.3) is 0 Å². The monoisotopic (exact) mass is 264 g/mol. The highest BCUT2D eigenvalue weighted by Crippen LogP contribution is 2.22. The summed E-state index contributed by atoms with van der Waals surface area (Å²) in [5.74, 6) is 3.35. The fourth-order valence-corrected chi connectivity index (χ4v) is 1.83. The molecule has 0 aliphatic heterocycles. The van der Waals surface area contributed by atoms with Crippen molar-refractivity contribution in [1.29, 1.82) is 0 Å². The second-order valence-corrected chi connectivity index (χ2v) is 6.03. The smallest absolute Gasteiger partial charge is 0.138 e. The summed E-state index contributed by atoms with van der Waals surface area (Å²) in [6.07, 6.45) is 2.39. The van der Waals surface area contributed by atoms with Crippen LogP contribution in [-0.2, 0) is 5.41 Å². The summed E-state index contributed by atoms with van der Waals surface area (Å²) in [4.78, 5) is 9.16. The molecule has 1 rings (SSSR count). The number of nitrogens with zero attached hydrogens (tertiary/aromatic N) is 2. The highest BCUT2D eigenvalue weighted by Gasteiger charge is 2.19. The topological polar surface area (TPSA) is 49.8 Å². The lowest BCUT2D eigenvalue weighted by atomic mass is 9.96. The third-order valence-corrected chi connectivity index (χ3v) is 3.38. The molecule has 1 aromatic heterocycles. The third-order valence-electron chi connectivity index (χ3n) is 3.38. The van der Waals surface area contributed by atoms with E-state index in [-0.39, 0.29) is 5.41 Å². The molecule has 0 bridgehead atoms. The van der Waals surface area contributed by atoms with Crippen LogP contribution in [0.15, 0.2) is 6.07 Å². The van der Waals surface area contributed by atoms with Gasteiger partial charge in [-0.05, 0) is 5.92 Å². The Morgan fingerprint density at radius 3 is 2.16 bits per heavy atom. The second-order valence-electron chi connectivity index (χ2n) is 6.03. The Balaban J connectivity index is 2.88. The van der Waals surface area contributed by atoms with Gasteiger partial charge in [-0.1, -0.05) is 47.5 Å². The zero-order valence-electron chi connectivity index (χ0n) is 13.2. The molecule has 0 fully saturated rings. The molecule has 0 radical (unpaired) electrons. The van der Waals surface area contributed by atoms with Crippen molar-refractivity contribution in [1.82, 2.24) is 9.97 Å². The molecule has 0 saturated heterocycles. The first-order chi connectivity index (χ1) is 8.90. The summed E-state index contributed by atoms with van der Waals surface area (Å²) in [5.41, 5.74) is -0.0434. The van der Waals surface area contributed by atoms with Gasteiger partial charge in [0.1, 0.15) is 17.5 Å². The normalized spacial score (nSPS) is 11.7. The summed E-state index contributed by atoms with van der Waals surface area (Å²) in [6.45, 7) is 11.8. The number of anilines is 2. The number of aromatic nitrogens is 2. The summed E-state index contributed by atoms with van der Waals surface area (Å²) >= 11 is 0. The van der Waals surface area contributed by atoms with Crippen molar-refractivity contribution in [2.75, 3.05) is 24.2 Å². The molecule has 4 heteroatoms. The van der Waals surface area contributed by atoms with Crippen molar-refractivity contribution in [2.24, 2.45) is 5.92 Å². The van der Waals surface area contributed by atoms with Gasteiger partial charge in [0.05, 0.1) is 0 Å². The molecular formula is C15H28N4. The van der Waals surface area contributed by atoms with E-state index in [1.54, 1.807) is 0 Å². The van der Waals surface area contributed by atoms with Crippen LogP contribution in [0.4, 0.5) is 11.6 Å². The largest absolute Gasteiger partial charge is 0.373 e. The van der Waals surface area contributed by atoms with Crippen LogP contribution in [0.5, 0.6) is 0 Å². The fourth-order valence-electron chi connectivity index (χ4n) is 1.83. The van der Waals surface area contributed by atoms with Gasteiger partial charge in [0.2, 0.25) is 0 Å². The average molecular weight is 264 g/mol. The predicted molar refractivity (Wildman–Crippen MR) is 82.8 cm³/mol. The Morgan fingerprint density at radius 2 is 1.68 bits per heavy atom. The van der Waals surface area contributed by atoms with Gasteiger partial charge in [0.15, 0.2) is 0 Å². The molecule has 0 spiro atoms. The van der Waals surface area contributed by atoms with E-state index in [4.69, 9.17) is 0 Å². The standard InChI is InChI=1S/C15H28N4/c1-7-11(8-2)10-17-13-9-12(16-6)18-14(19-13)15(3,4)5/h9,11H,7-8,10H2,1-6H3,(H2,16,17,18,19). The molecule has 0 aromatic carbocycles. The zero-order valence-corrected chi connectivity index (χ0v) is 13.2. The molecule has 108 valence electrons. The molecule has 1 aromatic rings. The molecule has 0 aliphatic carbocycles. The van der Waals surface area contributed by atoms with Gasteiger partial charge < -0.3 is 10.6 Å². The van der Waals surface area contributed by atoms with Crippen molar-refractivity contribution in [3.63, 3.8) is 0 Å². The highest BCUT2D eigenvalue weighted by molar-refractivity contribution is 5.47. The van der Waals surface area contributed by atoms with E-state index in [0.29, 0.717) is 5.92 Å². The minimum absolute atomic E-state index is 0.0434. The van der Waals surface area contributed by atoms with E-state index >= 15 is 0 Å². The van der Waals surface area contributed by atoms with Gasteiger partial charge in [-0.25, -0.2) is 9.97 Å². The molecule has 1 heterocycles. The Hall–Kier alpha value is -1.32. The zero-order chi connectivity index (χ0) is 14.5. The van der Waals surface area contributed by atoms with Gasteiger partial charge in [-0.3, -0.25) is 0 Å². The molecular weight excluding hydrogens is 236 g/mol. The van der Waals surface area contributed by atoms with E-state index in [1.165, 1.54) is 12.8 Å². The average Bonchev–Trinajstić information content (AvgIpc) is 2.38. The lowest BCUT2D eigenvalue weighted by Gasteiger charge is -2.20. The second kappa shape index (κ2) is 6.73. The van der Waals surface area contributed by atoms with Crippen LogP contribution >= 0.6 is 0 Å². The van der Waals surface area contributed by atoms with E-state index in [0.717, 1.165) is 24.0 Å². The summed E-state index contributed by atoms with van der Waals surface area (Å²) < 4.78 is 0. The summed E-state index contributed by atoms with van der Waals surface area (Å²) in [7, 11) is 1.89. The van der Waals surface area contributed by atoms with Gasteiger partial charge in [-0.2, -0.15) is 0 Å². The molecule has 0 aliphatic rings. The first kappa shape index (κ1) is 15.7. The number of rotatable bonds is 6. The lowest BCUT2D eigenvalue weighted by Crippen LogP contribution is -2.19. The first-order valence-electron chi connectivity index (χ1n) is 7.21. The predicted octanol–water partition coefficient (Wildman–Crippen LogP) is 3.66. The minimum atomic E-state index is -0.0434. The van der Waals surface area contributed by atoms with Crippen molar-refractivity contribution in [3.8, 4) is 0 Å². The van der Waals surface area contributed by atoms with Gasteiger partial charge in [0.25, 0.3) is 0 Å². The van der Waals surface area contributed by atoms with E-state index in [1.807, 2.05) is 13.1 Å². The Morgan fingerprint density at radius 1 is 1.11 bits per heavy atom. The minimum Gasteiger partial charge on any atom is -0.373 e. The Labute approximate surface area is 117 Å². The number of nitrogens with one attached hydrogen (secondary N) is 2. The van der Waals surface area contributed by atoms with Gasteiger partial charge in [-0.15, -0.1) is 0 Å². The maximum Gasteiger partial charge on any atom is 0.138 e. The molecule has 0 saturated carbocycles. The van der Waals surface area contributed by atoms with Crippen molar-refractivity contribution < 1.29 is 0 Å². The van der Waals surface area contributed by atoms with Crippen LogP contribution in [0.1, 0.15) is 53.3 Å². The van der Waals surface area contributed by atoms with Crippen molar-refractivity contribution in [2.45, 2.75) is 52.9 Å². The van der Waals surface area contributed by atoms with Crippen LogP contribution in [-0.4, -0.2) is 23.6 Å². The van der Waals surface area contributed by atoms with Crippen LogP contribution in [0.2, 0.25) is 0 Å². The number of hydrogen-bond acceptors (Lipinski definition) is 4. The van der Waals surface area contributed by atoms with E-state index in [2.05, 4.69) is 55.2 Å². The van der Waals surface area contributed by atoms with Gasteiger partial charge >= 0.3 is 0 Å².